The minimum absolute atomic E-state index is 0.122. The fraction of sp³-hybridized carbons (Fsp3) is 0.125. The predicted molar refractivity (Wildman–Crippen MR) is 88.4 cm³/mol. The molecule has 3 rings (SSSR count). The van der Waals surface area contributed by atoms with Crippen molar-refractivity contribution >= 4 is 38.4 Å². The van der Waals surface area contributed by atoms with Crippen molar-refractivity contribution in [2.24, 2.45) is 0 Å². The molecule has 0 radical (unpaired) electrons. The molecule has 112 valence electrons. The van der Waals surface area contributed by atoms with Crippen molar-refractivity contribution in [1.29, 1.82) is 0 Å². The first-order chi connectivity index (χ1) is 10.5. The van der Waals surface area contributed by atoms with Crippen molar-refractivity contribution < 1.29 is 9.21 Å². The highest BCUT2D eigenvalue weighted by atomic mass is 79.9. The van der Waals surface area contributed by atoms with Gasteiger partial charge in [-0.15, -0.1) is 0 Å². The first kappa shape index (κ1) is 14.6. The number of aromatic amines is 1. The maximum atomic E-state index is 12.1. The summed E-state index contributed by atoms with van der Waals surface area (Å²) in [5.74, 6) is -0.142. The van der Waals surface area contributed by atoms with E-state index in [9.17, 15) is 9.59 Å². The van der Waals surface area contributed by atoms with Crippen LogP contribution in [0.3, 0.4) is 0 Å². The Morgan fingerprint density at radius 2 is 1.95 bits per heavy atom. The van der Waals surface area contributed by atoms with E-state index in [4.69, 9.17) is 4.42 Å². The number of rotatable bonds is 2. The Labute approximate surface area is 134 Å². The number of carbonyl (C=O) groups is 1. The molecular formula is C16H13BrN2O3. The van der Waals surface area contributed by atoms with Crippen LogP contribution in [0.1, 0.15) is 21.7 Å². The molecule has 3 aromatic rings. The maximum Gasteiger partial charge on any atom is 0.291 e. The third kappa shape index (κ3) is 2.57. The second kappa shape index (κ2) is 5.46. The Kier molecular flexibility index (Phi) is 3.62. The van der Waals surface area contributed by atoms with E-state index < -0.39 is 0 Å². The predicted octanol–water partition coefficient (Wildman–Crippen LogP) is 3.75. The number of nitrogens with one attached hydrogen (secondary N) is 2. The number of carbonyl (C=O) groups excluding carboxylic acids is 1. The van der Waals surface area contributed by atoms with E-state index in [1.54, 1.807) is 31.2 Å². The lowest BCUT2D eigenvalue weighted by Crippen LogP contribution is -2.13. The van der Waals surface area contributed by atoms with Gasteiger partial charge in [-0.3, -0.25) is 9.59 Å². The Bertz CT molecular complexity index is 940. The van der Waals surface area contributed by atoms with Gasteiger partial charge < -0.3 is 14.7 Å². The highest BCUT2D eigenvalue weighted by Crippen LogP contribution is 2.22. The van der Waals surface area contributed by atoms with Crippen molar-refractivity contribution in [3.63, 3.8) is 0 Å². The van der Waals surface area contributed by atoms with Gasteiger partial charge in [-0.1, -0.05) is 6.07 Å². The molecule has 0 atom stereocenters. The maximum absolute atomic E-state index is 12.1. The largest absolute Gasteiger partial charge is 0.444 e. The topological polar surface area (TPSA) is 75.1 Å². The molecule has 2 aromatic heterocycles. The molecule has 0 aliphatic heterocycles. The number of aryl methyl sites for hydroxylation is 1. The number of pyridine rings is 1. The SMILES string of the molecule is Cc1c(C)c2ccc(NC(=O)c3ccc(Br)o3)cc2[nH]c1=O. The molecular weight excluding hydrogens is 348 g/mol. The zero-order valence-electron chi connectivity index (χ0n) is 12.0. The van der Waals surface area contributed by atoms with Gasteiger partial charge in [0.2, 0.25) is 0 Å². The number of aromatic nitrogens is 1. The Morgan fingerprint density at radius 3 is 2.64 bits per heavy atom. The fourth-order valence-electron chi connectivity index (χ4n) is 2.27. The number of H-pyrrole nitrogens is 1. The van der Waals surface area contributed by atoms with Crippen molar-refractivity contribution in [2.45, 2.75) is 13.8 Å². The molecule has 1 amide bonds. The van der Waals surface area contributed by atoms with Crippen LogP contribution in [0.2, 0.25) is 0 Å². The average Bonchev–Trinajstić information content (AvgIpc) is 2.91. The number of fused-ring (bicyclic) bond motifs is 1. The van der Waals surface area contributed by atoms with Gasteiger partial charge in [-0.05, 0) is 59.6 Å². The molecule has 6 heteroatoms. The van der Waals surface area contributed by atoms with E-state index in [0.29, 0.717) is 21.4 Å². The van der Waals surface area contributed by atoms with E-state index in [1.807, 2.05) is 13.0 Å². The normalized spacial score (nSPS) is 10.9. The minimum atomic E-state index is -0.351. The van der Waals surface area contributed by atoms with Crippen LogP contribution >= 0.6 is 15.9 Å². The Hall–Kier alpha value is -2.34. The highest BCUT2D eigenvalue weighted by molar-refractivity contribution is 9.10. The van der Waals surface area contributed by atoms with Crippen molar-refractivity contribution in [3.05, 3.63) is 62.2 Å². The summed E-state index contributed by atoms with van der Waals surface area (Å²) in [4.78, 5) is 26.7. The molecule has 0 fully saturated rings. The lowest BCUT2D eigenvalue weighted by Gasteiger charge is -2.08. The third-order valence-electron chi connectivity index (χ3n) is 3.63. The van der Waals surface area contributed by atoms with Crippen molar-refractivity contribution in [1.82, 2.24) is 4.98 Å². The van der Waals surface area contributed by atoms with Crippen LogP contribution in [-0.2, 0) is 0 Å². The van der Waals surface area contributed by atoms with Crippen molar-refractivity contribution in [3.8, 4) is 0 Å². The van der Waals surface area contributed by atoms with Gasteiger partial charge in [-0.2, -0.15) is 0 Å². The average molecular weight is 361 g/mol. The molecule has 1 aromatic carbocycles. The van der Waals surface area contributed by atoms with E-state index in [2.05, 4.69) is 26.2 Å². The van der Waals surface area contributed by atoms with Gasteiger partial charge >= 0.3 is 0 Å². The Balaban J connectivity index is 1.97. The summed E-state index contributed by atoms with van der Waals surface area (Å²) in [6.07, 6.45) is 0. The van der Waals surface area contributed by atoms with Crippen LogP contribution in [0.25, 0.3) is 10.9 Å². The van der Waals surface area contributed by atoms with E-state index in [0.717, 1.165) is 10.9 Å². The first-order valence-electron chi connectivity index (χ1n) is 6.65. The standard InChI is InChI=1S/C16H13BrN2O3/c1-8-9(2)15(20)19-12-7-10(3-4-11(8)12)18-16(21)13-5-6-14(17)22-13/h3-7H,1-2H3,(H,18,21)(H,19,20). The van der Waals surface area contributed by atoms with Crippen LogP contribution in [-0.4, -0.2) is 10.9 Å². The lowest BCUT2D eigenvalue weighted by molar-refractivity contribution is 0.0995. The van der Waals surface area contributed by atoms with Crippen LogP contribution in [0, 0.1) is 13.8 Å². The summed E-state index contributed by atoms with van der Waals surface area (Å²) >= 11 is 3.15. The minimum Gasteiger partial charge on any atom is -0.444 e. The summed E-state index contributed by atoms with van der Waals surface area (Å²) in [5, 5.41) is 3.70. The second-order valence-electron chi connectivity index (χ2n) is 5.02. The van der Waals surface area contributed by atoms with Gasteiger partial charge in [0.25, 0.3) is 11.5 Å². The molecule has 0 saturated carbocycles. The van der Waals surface area contributed by atoms with Gasteiger partial charge in [0.05, 0.1) is 5.52 Å². The zero-order chi connectivity index (χ0) is 15.9. The summed E-state index contributed by atoms with van der Waals surface area (Å²) in [6, 6.07) is 8.64. The molecule has 5 nitrogen and oxygen atoms in total. The number of hydrogen-bond acceptors (Lipinski definition) is 3. The Morgan fingerprint density at radius 1 is 1.18 bits per heavy atom. The van der Waals surface area contributed by atoms with Gasteiger partial charge in [0.15, 0.2) is 10.4 Å². The summed E-state index contributed by atoms with van der Waals surface area (Å²) in [6.45, 7) is 3.70. The molecule has 0 spiro atoms. The van der Waals surface area contributed by atoms with Crippen LogP contribution in [0.4, 0.5) is 5.69 Å². The van der Waals surface area contributed by atoms with E-state index in [1.165, 1.54) is 0 Å². The van der Waals surface area contributed by atoms with Crippen LogP contribution in [0.5, 0.6) is 0 Å². The van der Waals surface area contributed by atoms with E-state index in [-0.39, 0.29) is 17.2 Å². The number of hydrogen-bond donors (Lipinski definition) is 2. The lowest BCUT2D eigenvalue weighted by atomic mass is 10.1. The fourth-order valence-corrected chi connectivity index (χ4v) is 2.58. The molecule has 0 saturated heterocycles. The van der Waals surface area contributed by atoms with Crippen molar-refractivity contribution in [2.75, 3.05) is 5.32 Å². The van der Waals surface area contributed by atoms with Gasteiger partial charge in [0.1, 0.15) is 0 Å². The molecule has 2 heterocycles. The molecule has 22 heavy (non-hydrogen) atoms. The summed E-state index contributed by atoms with van der Waals surface area (Å²) in [5.41, 5.74) is 2.79. The first-order valence-corrected chi connectivity index (χ1v) is 7.45. The monoisotopic (exact) mass is 360 g/mol. The zero-order valence-corrected chi connectivity index (χ0v) is 13.6. The summed E-state index contributed by atoms with van der Waals surface area (Å²) in [7, 11) is 0. The summed E-state index contributed by atoms with van der Waals surface area (Å²) < 4.78 is 5.70. The second-order valence-corrected chi connectivity index (χ2v) is 5.80. The van der Waals surface area contributed by atoms with E-state index >= 15 is 0 Å². The smallest absolute Gasteiger partial charge is 0.291 e. The number of benzene rings is 1. The molecule has 0 unspecified atom stereocenters. The van der Waals surface area contributed by atoms with Crippen LogP contribution in [0.15, 0.2) is 44.2 Å². The van der Waals surface area contributed by atoms with Gasteiger partial charge in [0, 0.05) is 16.6 Å². The van der Waals surface area contributed by atoms with Gasteiger partial charge in [-0.25, -0.2) is 0 Å². The quantitative estimate of drug-likeness (QED) is 0.730. The molecule has 0 aliphatic rings. The number of halogens is 1. The molecule has 2 N–H and O–H groups in total. The third-order valence-corrected chi connectivity index (χ3v) is 4.06. The molecule has 0 bridgehead atoms. The number of furan rings is 1. The number of anilines is 1. The number of amides is 1. The molecule has 0 aliphatic carbocycles. The van der Waals surface area contributed by atoms with Crippen LogP contribution < -0.4 is 10.9 Å². The highest BCUT2D eigenvalue weighted by Gasteiger charge is 2.12.